The van der Waals surface area contributed by atoms with E-state index in [0.717, 1.165) is 37.3 Å². The highest BCUT2D eigenvalue weighted by Crippen LogP contribution is 2.41. The Hall–Kier alpha value is -1.75. The maximum Gasteiger partial charge on any atom is 0.236 e. The molecule has 1 saturated heterocycles. The van der Waals surface area contributed by atoms with Gasteiger partial charge in [-0.2, -0.15) is 0 Å². The third-order valence-electron chi connectivity index (χ3n) is 4.70. The van der Waals surface area contributed by atoms with Crippen LogP contribution in [0.15, 0.2) is 33.7 Å². The molecule has 2 aromatic rings. The van der Waals surface area contributed by atoms with E-state index in [1.807, 2.05) is 17.9 Å². The monoisotopic (exact) mass is 328 g/mol. The molecule has 1 aromatic heterocycles. The number of amides is 1. The first-order valence-electron chi connectivity index (χ1n) is 8.12. The molecule has 120 valence electrons. The molecule has 23 heavy (non-hydrogen) atoms. The smallest absolute Gasteiger partial charge is 0.236 e. The molecule has 2 aliphatic heterocycles. The molecule has 3 heterocycles. The maximum atomic E-state index is 13.0. The van der Waals surface area contributed by atoms with E-state index in [4.69, 9.17) is 4.52 Å². The van der Waals surface area contributed by atoms with Crippen LogP contribution in [0.2, 0.25) is 0 Å². The van der Waals surface area contributed by atoms with E-state index in [1.54, 1.807) is 11.8 Å². The number of aryl methyl sites for hydroxylation is 2. The Morgan fingerprint density at radius 3 is 3.00 bits per heavy atom. The number of benzene rings is 1. The van der Waals surface area contributed by atoms with E-state index in [0.29, 0.717) is 0 Å². The molecule has 4 rings (SSSR count). The van der Waals surface area contributed by atoms with Crippen molar-refractivity contribution in [1.82, 2.24) is 10.1 Å². The fourth-order valence-electron chi connectivity index (χ4n) is 3.54. The lowest BCUT2D eigenvalue weighted by molar-refractivity contribution is -0.131. The zero-order valence-electron chi connectivity index (χ0n) is 13.4. The number of carbonyl (C=O) groups is 1. The van der Waals surface area contributed by atoms with Gasteiger partial charge < -0.3 is 9.42 Å². The highest BCUT2D eigenvalue weighted by molar-refractivity contribution is 8.01. The van der Waals surface area contributed by atoms with E-state index in [9.17, 15) is 4.79 Å². The zero-order chi connectivity index (χ0) is 16.0. The van der Waals surface area contributed by atoms with Crippen LogP contribution in [0, 0.1) is 13.8 Å². The Kier molecular flexibility index (Phi) is 3.68. The van der Waals surface area contributed by atoms with Gasteiger partial charge in [0.05, 0.1) is 11.3 Å². The van der Waals surface area contributed by atoms with Gasteiger partial charge in [-0.25, -0.2) is 0 Å². The van der Waals surface area contributed by atoms with Crippen LogP contribution < -0.4 is 0 Å². The van der Waals surface area contributed by atoms with Gasteiger partial charge in [0.1, 0.15) is 11.5 Å². The first-order valence-corrected chi connectivity index (χ1v) is 8.99. The van der Waals surface area contributed by atoms with Gasteiger partial charge in [-0.3, -0.25) is 4.79 Å². The molecule has 1 fully saturated rings. The van der Waals surface area contributed by atoms with Gasteiger partial charge >= 0.3 is 0 Å². The molecule has 0 bridgehead atoms. The summed E-state index contributed by atoms with van der Waals surface area (Å²) in [6.45, 7) is 4.81. The average molecular weight is 328 g/mol. The van der Waals surface area contributed by atoms with Gasteiger partial charge in [0, 0.05) is 17.5 Å². The number of likely N-dealkylation sites (tertiary alicyclic amines) is 1. The second-order valence-corrected chi connectivity index (χ2v) is 7.72. The van der Waals surface area contributed by atoms with E-state index < -0.39 is 0 Å². The van der Waals surface area contributed by atoms with Crippen molar-refractivity contribution in [3.8, 4) is 0 Å². The topological polar surface area (TPSA) is 46.3 Å². The Morgan fingerprint density at radius 1 is 1.35 bits per heavy atom. The third kappa shape index (κ3) is 2.67. The number of hydrogen-bond donors (Lipinski definition) is 0. The molecule has 1 amide bonds. The largest absolute Gasteiger partial charge is 0.361 e. The van der Waals surface area contributed by atoms with Crippen molar-refractivity contribution in [3.63, 3.8) is 0 Å². The van der Waals surface area contributed by atoms with Gasteiger partial charge in [0.15, 0.2) is 0 Å². The number of fused-ring (bicyclic) bond motifs is 1. The summed E-state index contributed by atoms with van der Waals surface area (Å²) in [7, 11) is 0. The van der Waals surface area contributed by atoms with Crippen LogP contribution >= 0.6 is 11.8 Å². The normalized spacial score (nSPS) is 23.3. The molecular weight excluding hydrogens is 308 g/mol. The van der Waals surface area contributed by atoms with Crippen LogP contribution in [0.1, 0.15) is 41.5 Å². The molecule has 0 saturated carbocycles. The Labute approximate surface area is 140 Å². The molecule has 0 N–H and O–H groups in total. The summed E-state index contributed by atoms with van der Waals surface area (Å²) in [6.07, 6.45) is 2.84. The number of nitrogens with zero attached hydrogens (tertiary/aromatic N) is 2. The van der Waals surface area contributed by atoms with Crippen molar-refractivity contribution >= 4 is 17.7 Å². The second kappa shape index (κ2) is 5.71. The van der Waals surface area contributed by atoms with Crippen LogP contribution in [-0.2, 0) is 11.2 Å². The summed E-state index contributed by atoms with van der Waals surface area (Å²) < 4.78 is 5.20. The molecule has 0 spiro atoms. The minimum Gasteiger partial charge on any atom is -0.361 e. The van der Waals surface area contributed by atoms with Crippen LogP contribution in [-0.4, -0.2) is 27.8 Å². The van der Waals surface area contributed by atoms with Crippen LogP contribution in [0.4, 0.5) is 0 Å². The quantitative estimate of drug-likeness (QED) is 0.844. The molecule has 5 heteroatoms. The SMILES string of the molecule is Cc1ccc2c(c1)S[C@H](C(=O)N1CCC[C@@H]1c1cc(C)on1)C2. The summed E-state index contributed by atoms with van der Waals surface area (Å²) in [5.41, 5.74) is 3.44. The highest BCUT2D eigenvalue weighted by Gasteiger charge is 2.38. The van der Waals surface area contributed by atoms with Crippen molar-refractivity contribution in [2.45, 2.75) is 49.3 Å². The number of thioether (sulfide) groups is 1. The van der Waals surface area contributed by atoms with E-state index in [2.05, 4.69) is 30.3 Å². The van der Waals surface area contributed by atoms with E-state index >= 15 is 0 Å². The number of carbonyl (C=O) groups excluding carboxylic acids is 1. The first-order chi connectivity index (χ1) is 11.1. The molecule has 2 atom stereocenters. The van der Waals surface area contributed by atoms with Gasteiger partial charge in [-0.1, -0.05) is 22.9 Å². The lowest BCUT2D eigenvalue weighted by Gasteiger charge is -2.25. The molecule has 1 aromatic carbocycles. The molecule has 0 radical (unpaired) electrons. The predicted octanol–water partition coefficient (Wildman–Crippen LogP) is 3.67. The minimum absolute atomic E-state index is 0.000368. The zero-order valence-corrected chi connectivity index (χ0v) is 14.2. The van der Waals surface area contributed by atoms with Crippen molar-refractivity contribution in [3.05, 3.63) is 46.8 Å². The van der Waals surface area contributed by atoms with E-state index in [-0.39, 0.29) is 17.2 Å². The Balaban J connectivity index is 1.53. The van der Waals surface area contributed by atoms with Crippen molar-refractivity contribution in [2.24, 2.45) is 0 Å². The van der Waals surface area contributed by atoms with Gasteiger partial charge in [0.2, 0.25) is 5.91 Å². The van der Waals surface area contributed by atoms with Crippen LogP contribution in [0.5, 0.6) is 0 Å². The Morgan fingerprint density at radius 2 is 2.22 bits per heavy atom. The molecule has 0 aliphatic carbocycles. The molecule has 4 nitrogen and oxygen atoms in total. The Bertz CT molecular complexity index is 755. The van der Waals surface area contributed by atoms with E-state index in [1.165, 1.54) is 16.0 Å². The maximum absolute atomic E-state index is 13.0. The summed E-state index contributed by atoms with van der Waals surface area (Å²) in [5.74, 6) is 1.05. The first kappa shape index (κ1) is 14.8. The summed E-state index contributed by atoms with van der Waals surface area (Å²) >= 11 is 1.71. The lowest BCUT2D eigenvalue weighted by atomic mass is 10.1. The van der Waals surface area contributed by atoms with Gasteiger partial charge in [-0.15, -0.1) is 11.8 Å². The number of aromatic nitrogens is 1. The molecular formula is C18H20N2O2S. The summed E-state index contributed by atoms with van der Waals surface area (Å²) in [5, 5.41) is 4.13. The number of rotatable bonds is 2. The molecule has 0 unspecified atom stereocenters. The molecule has 2 aliphatic rings. The third-order valence-corrected chi connectivity index (χ3v) is 5.98. The minimum atomic E-state index is 0.000368. The van der Waals surface area contributed by atoms with Gasteiger partial charge in [-0.05, 0) is 44.7 Å². The van der Waals surface area contributed by atoms with Gasteiger partial charge in [0.25, 0.3) is 0 Å². The standard InChI is InChI=1S/C18H20N2O2S/c1-11-5-6-13-10-17(23-16(13)8-11)18(21)20-7-3-4-15(20)14-9-12(2)22-19-14/h5-6,8-9,15,17H,3-4,7,10H2,1-2H3/t15-,17+/m1/s1. The van der Waals surface area contributed by atoms with Crippen molar-refractivity contribution in [1.29, 1.82) is 0 Å². The van der Waals surface area contributed by atoms with Crippen LogP contribution in [0.25, 0.3) is 0 Å². The second-order valence-electron chi connectivity index (χ2n) is 6.47. The van der Waals surface area contributed by atoms with Crippen LogP contribution in [0.3, 0.4) is 0 Å². The number of hydrogen-bond acceptors (Lipinski definition) is 4. The van der Waals surface area contributed by atoms with Crippen molar-refractivity contribution < 1.29 is 9.32 Å². The fraction of sp³-hybridized carbons (Fsp3) is 0.444. The summed E-state index contributed by atoms with van der Waals surface area (Å²) in [6, 6.07) is 8.51. The fourth-order valence-corrected chi connectivity index (χ4v) is 4.90. The average Bonchev–Trinajstić information content (AvgIpc) is 3.23. The summed E-state index contributed by atoms with van der Waals surface area (Å²) in [4.78, 5) is 16.3. The van der Waals surface area contributed by atoms with Crippen molar-refractivity contribution in [2.75, 3.05) is 6.54 Å². The predicted molar refractivity (Wildman–Crippen MR) is 89.5 cm³/mol. The highest BCUT2D eigenvalue weighted by atomic mass is 32.2. The lowest BCUT2D eigenvalue weighted by Crippen LogP contribution is -2.37.